The van der Waals surface area contributed by atoms with Crippen LogP contribution in [0.25, 0.3) is 0 Å². The van der Waals surface area contributed by atoms with Gasteiger partial charge in [-0.05, 0) is 13.8 Å². The van der Waals surface area contributed by atoms with Crippen LogP contribution in [0.2, 0.25) is 0 Å². The molecule has 0 bridgehead atoms. The molecule has 0 aliphatic heterocycles. The molecule has 0 heterocycles. The predicted octanol–water partition coefficient (Wildman–Crippen LogP) is -0.454. The zero-order chi connectivity index (χ0) is 10.4. The molecular weight excluding hydrogens is 172 g/mol. The van der Waals surface area contributed by atoms with Gasteiger partial charge >= 0.3 is 6.03 Å². The van der Waals surface area contributed by atoms with Crippen molar-refractivity contribution in [1.82, 2.24) is 10.9 Å². The lowest BCUT2D eigenvalue weighted by atomic mass is 10.2. The van der Waals surface area contributed by atoms with Gasteiger partial charge in [0.15, 0.2) is 5.78 Å². The Bertz CT molecular complexity index is 300. The van der Waals surface area contributed by atoms with E-state index < -0.39 is 6.03 Å². The van der Waals surface area contributed by atoms with Crippen LogP contribution in [0.1, 0.15) is 13.8 Å². The first kappa shape index (κ1) is 11.0. The zero-order valence-corrected chi connectivity index (χ0v) is 7.34. The van der Waals surface area contributed by atoms with Gasteiger partial charge in [0.2, 0.25) is 0 Å². The number of ketones is 1. The summed E-state index contributed by atoms with van der Waals surface area (Å²) in [6.45, 7) is 2.74. The number of rotatable bonds is 3. The number of hydrazine groups is 1. The molecule has 70 valence electrons. The Morgan fingerprint density at radius 2 is 1.85 bits per heavy atom. The second kappa shape index (κ2) is 4.77. The van der Waals surface area contributed by atoms with E-state index in [1.165, 1.54) is 13.8 Å². The number of nitriles is 1. The summed E-state index contributed by atoms with van der Waals surface area (Å²) in [6, 6.07) is 0.909. The van der Waals surface area contributed by atoms with Crippen molar-refractivity contribution in [2.24, 2.45) is 5.73 Å². The Morgan fingerprint density at radius 3 is 2.15 bits per heavy atom. The Kier molecular flexibility index (Phi) is 4.02. The second-order valence-electron chi connectivity index (χ2n) is 2.28. The standard InChI is InChI=1S/C7H10N4O2/c1-4(10-11-7(9)13)6(3-8)5(2)12/h10H,1-2H3,(H3,9,11,13)/b6-4+. The molecule has 0 unspecified atom stereocenters. The van der Waals surface area contributed by atoms with Crippen molar-refractivity contribution in [3.8, 4) is 6.07 Å². The lowest BCUT2D eigenvalue weighted by Crippen LogP contribution is -2.40. The van der Waals surface area contributed by atoms with Crippen LogP contribution >= 0.6 is 0 Å². The first-order chi connectivity index (χ1) is 5.99. The topological polar surface area (TPSA) is 108 Å². The van der Waals surface area contributed by atoms with Crippen molar-refractivity contribution < 1.29 is 9.59 Å². The summed E-state index contributed by atoms with van der Waals surface area (Å²) in [7, 11) is 0. The number of Topliss-reactive ketones (excluding diaryl/α,β-unsaturated/α-hetero) is 1. The maximum Gasteiger partial charge on any atom is 0.330 e. The molecule has 0 rings (SSSR count). The van der Waals surface area contributed by atoms with Gasteiger partial charge in [-0.2, -0.15) is 5.26 Å². The number of amides is 2. The number of urea groups is 1. The van der Waals surface area contributed by atoms with Crippen LogP contribution in [-0.2, 0) is 4.79 Å². The molecule has 0 aromatic carbocycles. The monoisotopic (exact) mass is 182 g/mol. The molecule has 4 N–H and O–H groups in total. The van der Waals surface area contributed by atoms with Gasteiger partial charge < -0.3 is 11.2 Å². The fraction of sp³-hybridized carbons (Fsp3) is 0.286. The number of nitrogens with zero attached hydrogens (tertiary/aromatic N) is 1. The van der Waals surface area contributed by atoms with Crippen LogP contribution < -0.4 is 16.6 Å². The first-order valence-corrected chi connectivity index (χ1v) is 3.42. The Morgan fingerprint density at radius 1 is 1.31 bits per heavy atom. The molecule has 6 heteroatoms. The maximum absolute atomic E-state index is 10.8. The van der Waals surface area contributed by atoms with Crippen LogP contribution in [0.15, 0.2) is 11.3 Å². The molecule has 6 nitrogen and oxygen atoms in total. The molecule has 0 aliphatic rings. The number of allylic oxidation sites excluding steroid dienone is 2. The molecule has 0 aliphatic carbocycles. The molecule has 0 saturated carbocycles. The van der Waals surface area contributed by atoms with Gasteiger partial charge in [-0.15, -0.1) is 0 Å². The predicted molar refractivity (Wildman–Crippen MR) is 44.8 cm³/mol. The number of carbonyl (C=O) groups excluding carboxylic acids is 2. The molecule has 0 aromatic heterocycles. The Balaban J connectivity index is 4.51. The summed E-state index contributed by atoms with van der Waals surface area (Å²) < 4.78 is 0. The lowest BCUT2D eigenvalue weighted by molar-refractivity contribution is -0.113. The Hall–Kier alpha value is -2.03. The summed E-state index contributed by atoms with van der Waals surface area (Å²) in [5, 5.41) is 8.52. The largest absolute Gasteiger partial charge is 0.350 e. The van der Waals surface area contributed by atoms with E-state index >= 15 is 0 Å². The van der Waals surface area contributed by atoms with E-state index in [1.54, 1.807) is 6.07 Å². The number of carbonyl (C=O) groups is 2. The second-order valence-corrected chi connectivity index (χ2v) is 2.28. The van der Waals surface area contributed by atoms with Crippen LogP contribution in [-0.4, -0.2) is 11.8 Å². The van der Waals surface area contributed by atoms with E-state index in [2.05, 4.69) is 5.43 Å². The molecule has 0 aromatic rings. The molecule has 0 spiro atoms. The van der Waals surface area contributed by atoms with Gasteiger partial charge in [-0.3, -0.25) is 10.2 Å². The highest BCUT2D eigenvalue weighted by molar-refractivity contribution is 5.97. The number of primary amides is 1. The van der Waals surface area contributed by atoms with Gasteiger partial charge in [-0.1, -0.05) is 0 Å². The van der Waals surface area contributed by atoms with Crippen molar-refractivity contribution in [1.29, 1.82) is 5.26 Å². The van der Waals surface area contributed by atoms with Gasteiger partial charge in [-0.25, -0.2) is 4.79 Å². The number of nitrogens with two attached hydrogens (primary N) is 1. The van der Waals surface area contributed by atoms with Gasteiger partial charge in [0.05, 0.1) is 0 Å². The summed E-state index contributed by atoms with van der Waals surface area (Å²) in [5.74, 6) is -0.376. The van der Waals surface area contributed by atoms with Crippen LogP contribution in [0.5, 0.6) is 0 Å². The molecule has 0 atom stereocenters. The zero-order valence-electron chi connectivity index (χ0n) is 7.34. The minimum atomic E-state index is -0.791. The molecule has 0 fully saturated rings. The van der Waals surface area contributed by atoms with Crippen molar-refractivity contribution >= 4 is 11.8 Å². The smallest absolute Gasteiger partial charge is 0.330 e. The molecular formula is C7H10N4O2. The Labute approximate surface area is 75.4 Å². The van der Waals surface area contributed by atoms with Crippen LogP contribution in [0.4, 0.5) is 4.79 Å². The van der Waals surface area contributed by atoms with Crippen molar-refractivity contribution in [3.63, 3.8) is 0 Å². The first-order valence-electron chi connectivity index (χ1n) is 3.42. The van der Waals surface area contributed by atoms with Gasteiger partial charge in [0.1, 0.15) is 11.6 Å². The minimum absolute atomic E-state index is 0.0475. The van der Waals surface area contributed by atoms with Crippen LogP contribution in [0.3, 0.4) is 0 Å². The third kappa shape index (κ3) is 3.76. The number of nitrogens with one attached hydrogen (secondary N) is 2. The molecule has 0 radical (unpaired) electrons. The van der Waals surface area contributed by atoms with Crippen molar-refractivity contribution in [2.45, 2.75) is 13.8 Å². The average Bonchev–Trinajstić information content (AvgIpc) is 2.01. The fourth-order valence-corrected chi connectivity index (χ4v) is 0.644. The quantitative estimate of drug-likeness (QED) is 0.312. The van der Waals surface area contributed by atoms with Crippen LogP contribution in [0, 0.1) is 11.3 Å². The van der Waals surface area contributed by atoms with Crippen molar-refractivity contribution in [2.75, 3.05) is 0 Å². The van der Waals surface area contributed by atoms with Gasteiger partial charge in [0.25, 0.3) is 0 Å². The number of hydrogen-bond acceptors (Lipinski definition) is 4. The molecule has 2 amide bonds. The summed E-state index contributed by atoms with van der Waals surface area (Å²) >= 11 is 0. The van der Waals surface area contributed by atoms with E-state index in [0.29, 0.717) is 0 Å². The minimum Gasteiger partial charge on any atom is -0.350 e. The van der Waals surface area contributed by atoms with E-state index in [1.807, 2.05) is 5.43 Å². The SMILES string of the molecule is CC(=O)/C(C#N)=C(\C)NNC(N)=O. The maximum atomic E-state index is 10.8. The highest BCUT2D eigenvalue weighted by Gasteiger charge is 2.06. The van der Waals surface area contributed by atoms with E-state index in [9.17, 15) is 9.59 Å². The normalized spacial score (nSPS) is 10.8. The van der Waals surface area contributed by atoms with Gasteiger partial charge in [0, 0.05) is 5.70 Å². The highest BCUT2D eigenvalue weighted by Crippen LogP contribution is 1.99. The fourth-order valence-electron chi connectivity index (χ4n) is 0.644. The lowest BCUT2D eigenvalue weighted by Gasteiger charge is -2.06. The highest BCUT2D eigenvalue weighted by atomic mass is 16.2. The average molecular weight is 182 g/mol. The van der Waals surface area contributed by atoms with Crippen molar-refractivity contribution in [3.05, 3.63) is 11.3 Å². The number of hydrogen-bond donors (Lipinski definition) is 3. The van der Waals surface area contributed by atoms with E-state index in [4.69, 9.17) is 11.0 Å². The summed E-state index contributed by atoms with van der Waals surface area (Å²) in [5.41, 5.74) is 9.33. The third-order valence-corrected chi connectivity index (χ3v) is 1.21. The summed E-state index contributed by atoms with van der Waals surface area (Å²) in [6.07, 6.45) is 0. The van der Waals surface area contributed by atoms with E-state index in [0.717, 1.165) is 0 Å². The molecule has 0 saturated heterocycles. The van der Waals surface area contributed by atoms with E-state index in [-0.39, 0.29) is 17.1 Å². The molecule has 13 heavy (non-hydrogen) atoms. The summed E-state index contributed by atoms with van der Waals surface area (Å²) in [4.78, 5) is 21.0. The third-order valence-electron chi connectivity index (χ3n) is 1.21.